The van der Waals surface area contributed by atoms with Crippen molar-refractivity contribution in [3.63, 3.8) is 0 Å². The Hall–Kier alpha value is -11.3. The van der Waals surface area contributed by atoms with Crippen LogP contribution in [0.1, 0.15) is 0 Å². The molecule has 0 radical (unpaired) electrons. The maximum absolute atomic E-state index is 6.91. The molecule has 0 unspecified atom stereocenters. The molecule has 7 nitrogen and oxygen atoms in total. The molecule has 0 aliphatic rings. The molecule has 0 saturated carbocycles. The van der Waals surface area contributed by atoms with Crippen LogP contribution >= 0.6 is 0 Å². The van der Waals surface area contributed by atoms with Crippen LogP contribution in [0, 0.1) is 0 Å². The van der Waals surface area contributed by atoms with E-state index in [1.807, 2.05) is 0 Å². The molecule has 18 rings (SSSR count). The number of hydrogen-bond donors (Lipinski definition) is 0. The number of benzene rings is 13. The van der Waals surface area contributed by atoms with Gasteiger partial charge in [0.15, 0.2) is 0 Å². The highest BCUT2D eigenvalue weighted by molar-refractivity contribution is 6.19. The summed E-state index contributed by atoms with van der Waals surface area (Å²) in [7, 11) is 0. The first-order chi connectivity index (χ1) is 41.1. The summed E-state index contributed by atoms with van der Waals surface area (Å²) in [4.78, 5) is 4.66. The summed E-state index contributed by atoms with van der Waals surface area (Å²) in [5.74, 6) is 0. The molecular formula is C76H46N4O3. The number of rotatable bonds is 8. The second kappa shape index (κ2) is 17.6. The lowest BCUT2D eigenvalue weighted by atomic mass is 10.1. The molecule has 13 aromatic carbocycles. The highest BCUT2D eigenvalue weighted by atomic mass is 16.3. The molecule has 0 amide bonds. The van der Waals surface area contributed by atoms with Crippen molar-refractivity contribution in [1.82, 2.24) is 9.13 Å². The molecule has 388 valence electrons. The summed E-state index contributed by atoms with van der Waals surface area (Å²) in [6, 6.07) is 99.6. The molecular weight excluding hydrogens is 1020 g/mol. The molecule has 83 heavy (non-hydrogen) atoms. The molecule has 7 heteroatoms. The monoisotopic (exact) mass is 1060 g/mol. The molecule has 0 aliphatic heterocycles. The maximum atomic E-state index is 6.91. The fraction of sp³-hybridized carbons (Fsp3) is 0. The van der Waals surface area contributed by atoms with E-state index in [9.17, 15) is 0 Å². The number of anilines is 6. The Morgan fingerprint density at radius 3 is 1.17 bits per heavy atom. The van der Waals surface area contributed by atoms with Gasteiger partial charge in [0.2, 0.25) is 0 Å². The van der Waals surface area contributed by atoms with Gasteiger partial charge in [-0.3, -0.25) is 0 Å². The van der Waals surface area contributed by atoms with Crippen molar-refractivity contribution in [2.24, 2.45) is 0 Å². The summed E-state index contributed by atoms with van der Waals surface area (Å²) >= 11 is 0. The zero-order valence-electron chi connectivity index (χ0n) is 44.6. The van der Waals surface area contributed by atoms with E-state index < -0.39 is 0 Å². The number of aromatic nitrogens is 2. The predicted molar refractivity (Wildman–Crippen MR) is 344 cm³/mol. The van der Waals surface area contributed by atoms with Gasteiger partial charge in [0.1, 0.15) is 33.5 Å². The molecule has 5 aromatic heterocycles. The van der Waals surface area contributed by atoms with Crippen molar-refractivity contribution in [2.45, 2.75) is 0 Å². The molecule has 5 heterocycles. The largest absolute Gasteiger partial charge is 0.456 e. The van der Waals surface area contributed by atoms with Crippen molar-refractivity contribution in [2.75, 3.05) is 9.80 Å². The van der Waals surface area contributed by atoms with Crippen LogP contribution in [0.4, 0.5) is 34.1 Å². The van der Waals surface area contributed by atoms with Gasteiger partial charge in [-0.25, -0.2) is 0 Å². The fourth-order valence-corrected chi connectivity index (χ4v) is 13.3. The molecule has 0 bridgehead atoms. The highest BCUT2D eigenvalue weighted by Gasteiger charge is 2.23. The number of para-hydroxylation sites is 5. The van der Waals surface area contributed by atoms with Crippen molar-refractivity contribution in [1.29, 1.82) is 0 Å². The molecule has 0 atom stereocenters. The van der Waals surface area contributed by atoms with Crippen LogP contribution in [-0.2, 0) is 0 Å². The van der Waals surface area contributed by atoms with Gasteiger partial charge in [-0.2, -0.15) is 0 Å². The third-order valence-corrected chi connectivity index (χ3v) is 17.0. The van der Waals surface area contributed by atoms with Crippen molar-refractivity contribution >= 4 is 154 Å². The quantitative estimate of drug-likeness (QED) is 0.152. The smallest absolute Gasteiger partial charge is 0.137 e. The number of furan rings is 3. The van der Waals surface area contributed by atoms with E-state index in [1.54, 1.807) is 0 Å². The standard InChI is InChI=1S/C76H46N4O3/c1-4-18-49(19-5-1)77(53-33-37-69-62(39-53)58-25-13-15-27-68(58)79(69)50-20-6-2-7-21-50)55-31-35-60-63-43-75-65(45-73(63)81-71(60)41-55)66-46-74-64(44-76(66)83-75)61-36-32-56(42-72(61)82-74)78(52-29-28-47-16-10-11-17-48(47)38-52)54-30-34-59-57-24-12-14-26-67(57)80(70(59)40-54)51-22-8-3-9-23-51/h1-46H. The number of hydrogen-bond acceptors (Lipinski definition) is 5. The lowest BCUT2D eigenvalue weighted by molar-refractivity contribution is 0.662. The van der Waals surface area contributed by atoms with Gasteiger partial charge < -0.3 is 32.2 Å². The van der Waals surface area contributed by atoms with Gasteiger partial charge in [0.05, 0.1) is 22.1 Å². The Balaban J connectivity index is 0.743. The summed E-state index contributed by atoms with van der Waals surface area (Å²) < 4.78 is 25.3. The van der Waals surface area contributed by atoms with Crippen LogP contribution < -0.4 is 9.80 Å². The first-order valence-corrected chi connectivity index (χ1v) is 28.1. The minimum atomic E-state index is 0.788. The van der Waals surface area contributed by atoms with Gasteiger partial charge in [-0.15, -0.1) is 0 Å². The first-order valence-electron chi connectivity index (χ1n) is 28.1. The Morgan fingerprint density at radius 2 is 0.578 bits per heavy atom. The Morgan fingerprint density at radius 1 is 0.205 bits per heavy atom. The third kappa shape index (κ3) is 6.98. The van der Waals surface area contributed by atoms with Gasteiger partial charge in [-0.1, -0.05) is 127 Å². The molecule has 0 N–H and O–H groups in total. The second-order valence-electron chi connectivity index (χ2n) is 21.7. The Kier molecular flexibility index (Phi) is 9.67. The second-order valence-corrected chi connectivity index (χ2v) is 21.7. The van der Waals surface area contributed by atoms with E-state index in [2.05, 4.69) is 298 Å². The molecule has 0 fully saturated rings. The molecule has 0 spiro atoms. The van der Waals surface area contributed by atoms with Crippen LogP contribution in [0.3, 0.4) is 0 Å². The van der Waals surface area contributed by atoms with E-state index in [4.69, 9.17) is 13.3 Å². The van der Waals surface area contributed by atoms with Crippen LogP contribution in [0.5, 0.6) is 0 Å². The van der Waals surface area contributed by atoms with E-state index in [0.717, 1.165) is 122 Å². The Bertz CT molecular complexity index is 5650. The minimum absolute atomic E-state index is 0.788. The van der Waals surface area contributed by atoms with Crippen LogP contribution in [0.25, 0.3) is 132 Å². The van der Waals surface area contributed by atoms with Gasteiger partial charge >= 0.3 is 0 Å². The van der Waals surface area contributed by atoms with E-state index in [-0.39, 0.29) is 0 Å². The zero-order valence-corrected chi connectivity index (χ0v) is 44.6. The lowest BCUT2D eigenvalue weighted by Crippen LogP contribution is -2.10. The first kappa shape index (κ1) is 45.6. The van der Waals surface area contributed by atoms with Gasteiger partial charge in [0.25, 0.3) is 0 Å². The average Bonchev–Trinajstić information content (AvgIpc) is 2.45. The van der Waals surface area contributed by atoms with Crippen LogP contribution in [0.2, 0.25) is 0 Å². The van der Waals surface area contributed by atoms with E-state index in [0.29, 0.717) is 0 Å². The summed E-state index contributed by atoms with van der Waals surface area (Å²) in [5.41, 5.74) is 17.8. The number of fused-ring (bicyclic) bond motifs is 16. The maximum Gasteiger partial charge on any atom is 0.137 e. The predicted octanol–water partition coefficient (Wildman–Crippen LogP) is 21.7. The van der Waals surface area contributed by atoms with E-state index >= 15 is 0 Å². The molecule has 0 aliphatic carbocycles. The average molecular weight is 1060 g/mol. The lowest BCUT2D eigenvalue weighted by Gasteiger charge is -2.26. The SMILES string of the molecule is c1ccc(N(c2ccc3c(c2)oc2cc4c(cc23)oc2cc3c(cc24)oc2cc(N(c4ccc5ccccc5c4)c4ccc5c6ccccc6n(-c6ccccc6)c5c4)ccc23)c2ccc3c(c2)c2ccccc2n3-c2ccccc2)cc1. The number of nitrogens with zero attached hydrogens (tertiary/aromatic N) is 4. The van der Waals surface area contributed by atoms with Crippen LogP contribution in [0.15, 0.2) is 292 Å². The van der Waals surface area contributed by atoms with Gasteiger partial charge in [-0.05, 0) is 150 Å². The molecule has 0 saturated heterocycles. The van der Waals surface area contributed by atoms with Crippen LogP contribution in [-0.4, -0.2) is 9.13 Å². The Labute approximate surface area is 474 Å². The third-order valence-electron chi connectivity index (χ3n) is 17.0. The normalized spacial score (nSPS) is 12.1. The highest BCUT2D eigenvalue weighted by Crippen LogP contribution is 2.46. The minimum Gasteiger partial charge on any atom is -0.456 e. The van der Waals surface area contributed by atoms with Crippen molar-refractivity contribution in [3.8, 4) is 11.4 Å². The van der Waals surface area contributed by atoms with Crippen molar-refractivity contribution < 1.29 is 13.3 Å². The summed E-state index contributed by atoms with van der Waals surface area (Å²) in [6.45, 7) is 0. The topological polar surface area (TPSA) is 55.8 Å². The summed E-state index contributed by atoms with van der Waals surface area (Å²) in [6.07, 6.45) is 0. The zero-order chi connectivity index (χ0) is 54.3. The van der Waals surface area contributed by atoms with E-state index in [1.165, 1.54) is 43.4 Å². The molecule has 18 aromatic rings. The van der Waals surface area contributed by atoms with Crippen molar-refractivity contribution in [3.05, 3.63) is 279 Å². The summed E-state index contributed by atoms with van der Waals surface area (Å²) in [5, 5.41) is 13.1. The van der Waals surface area contributed by atoms with Gasteiger partial charge in [0, 0.05) is 111 Å². The fourth-order valence-electron chi connectivity index (χ4n) is 13.3.